The van der Waals surface area contributed by atoms with Crippen LogP contribution in [0, 0.1) is 0 Å². The van der Waals surface area contributed by atoms with E-state index in [1.807, 2.05) is 30.3 Å². The van der Waals surface area contributed by atoms with Crippen LogP contribution in [0.4, 0.5) is 0 Å². The molecule has 0 aliphatic carbocycles. The average Bonchev–Trinajstić information content (AvgIpc) is 2.55. The van der Waals surface area contributed by atoms with Crippen LogP contribution in [-0.4, -0.2) is 55.0 Å². The highest BCUT2D eigenvalue weighted by Gasteiger charge is 2.40. The van der Waals surface area contributed by atoms with E-state index in [4.69, 9.17) is 4.74 Å². The van der Waals surface area contributed by atoms with E-state index in [1.54, 1.807) is 23.9 Å². The van der Waals surface area contributed by atoms with Gasteiger partial charge in [-0.3, -0.25) is 9.59 Å². The first-order chi connectivity index (χ1) is 10.6. The van der Waals surface area contributed by atoms with Gasteiger partial charge in [0.2, 0.25) is 5.91 Å². The normalized spacial score (nSPS) is 21.8. The second-order valence-electron chi connectivity index (χ2n) is 5.71. The topological polar surface area (TPSA) is 49.9 Å². The third-order valence-corrected chi connectivity index (χ3v) is 4.09. The van der Waals surface area contributed by atoms with E-state index in [0.717, 1.165) is 18.4 Å². The maximum absolute atomic E-state index is 12.7. The van der Waals surface area contributed by atoms with Crippen LogP contribution in [0.3, 0.4) is 0 Å². The predicted molar refractivity (Wildman–Crippen MR) is 84.2 cm³/mol. The SMILES string of the molecule is CCCCN(C)C(=O)[C@@H]1OCC(=O)N(C)[C@H]1c1ccccc1. The van der Waals surface area contributed by atoms with Crippen molar-refractivity contribution >= 4 is 11.8 Å². The quantitative estimate of drug-likeness (QED) is 0.834. The highest BCUT2D eigenvalue weighted by molar-refractivity contribution is 5.86. The number of hydrogen-bond donors (Lipinski definition) is 0. The molecule has 5 nitrogen and oxygen atoms in total. The van der Waals surface area contributed by atoms with Gasteiger partial charge in [0.25, 0.3) is 5.91 Å². The van der Waals surface area contributed by atoms with Gasteiger partial charge in [-0.05, 0) is 12.0 Å². The van der Waals surface area contributed by atoms with Gasteiger partial charge >= 0.3 is 0 Å². The van der Waals surface area contributed by atoms with E-state index in [2.05, 4.69) is 6.92 Å². The van der Waals surface area contributed by atoms with Gasteiger partial charge in [-0.15, -0.1) is 0 Å². The van der Waals surface area contributed by atoms with Crippen molar-refractivity contribution in [1.29, 1.82) is 0 Å². The van der Waals surface area contributed by atoms with Crippen LogP contribution in [0.2, 0.25) is 0 Å². The van der Waals surface area contributed by atoms with Crippen LogP contribution in [0.1, 0.15) is 31.4 Å². The van der Waals surface area contributed by atoms with Gasteiger partial charge in [-0.2, -0.15) is 0 Å². The lowest BCUT2D eigenvalue weighted by molar-refractivity contribution is -0.166. The molecule has 2 rings (SSSR count). The number of morpholine rings is 1. The number of hydrogen-bond acceptors (Lipinski definition) is 3. The smallest absolute Gasteiger partial charge is 0.253 e. The molecule has 2 amide bonds. The zero-order valence-electron chi connectivity index (χ0n) is 13.5. The van der Waals surface area contributed by atoms with Crippen LogP contribution in [-0.2, 0) is 14.3 Å². The van der Waals surface area contributed by atoms with E-state index < -0.39 is 6.10 Å². The number of carbonyl (C=O) groups excluding carboxylic acids is 2. The van der Waals surface area contributed by atoms with E-state index in [0.29, 0.717) is 6.54 Å². The average molecular weight is 304 g/mol. The van der Waals surface area contributed by atoms with E-state index >= 15 is 0 Å². The summed E-state index contributed by atoms with van der Waals surface area (Å²) in [6.45, 7) is 2.75. The number of rotatable bonds is 5. The second-order valence-corrected chi connectivity index (χ2v) is 5.71. The van der Waals surface area contributed by atoms with Crippen molar-refractivity contribution in [2.24, 2.45) is 0 Å². The Labute approximate surface area is 131 Å². The molecule has 120 valence electrons. The number of likely N-dealkylation sites (N-methyl/N-ethyl adjacent to an activating group) is 2. The zero-order valence-corrected chi connectivity index (χ0v) is 13.5. The maximum Gasteiger partial charge on any atom is 0.253 e. The van der Waals surface area contributed by atoms with Crippen LogP contribution < -0.4 is 0 Å². The van der Waals surface area contributed by atoms with Crippen molar-refractivity contribution in [3.8, 4) is 0 Å². The molecule has 1 aliphatic rings. The van der Waals surface area contributed by atoms with Crippen LogP contribution in [0.25, 0.3) is 0 Å². The molecule has 0 aromatic heterocycles. The molecule has 0 spiro atoms. The summed E-state index contributed by atoms with van der Waals surface area (Å²) in [6.07, 6.45) is 1.34. The molecule has 0 N–H and O–H groups in total. The second kappa shape index (κ2) is 7.40. The molecule has 5 heteroatoms. The largest absolute Gasteiger partial charge is 0.356 e. The van der Waals surface area contributed by atoms with Crippen LogP contribution >= 0.6 is 0 Å². The Hall–Kier alpha value is -1.88. The fraction of sp³-hybridized carbons (Fsp3) is 0.529. The summed E-state index contributed by atoms with van der Waals surface area (Å²) in [4.78, 5) is 28.0. The summed E-state index contributed by atoms with van der Waals surface area (Å²) >= 11 is 0. The lowest BCUT2D eigenvalue weighted by atomic mass is 9.97. The van der Waals surface area contributed by atoms with Crippen molar-refractivity contribution in [2.45, 2.75) is 31.9 Å². The summed E-state index contributed by atoms with van der Waals surface area (Å²) in [7, 11) is 3.52. The lowest BCUT2D eigenvalue weighted by Gasteiger charge is -2.39. The fourth-order valence-corrected chi connectivity index (χ4v) is 2.69. The molecule has 0 radical (unpaired) electrons. The minimum Gasteiger partial charge on any atom is -0.356 e. The van der Waals surface area contributed by atoms with Gasteiger partial charge in [0.15, 0.2) is 6.10 Å². The van der Waals surface area contributed by atoms with Gasteiger partial charge in [-0.25, -0.2) is 0 Å². The monoisotopic (exact) mass is 304 g/mol. The Kier molecular flexibility index (Phi) is 5.55. The van der Waals surface area contributed by atoms with Crippen molar-refractivity contribution < 1.29 is 14.3 Å². The number of amides is 2. The number of nitrogens with zero attached hydrogens (tertiary/aromatic N) is 2. The van der Waals surface area contributed by atoms with E-state index in [-0.39, 0.29) is 24.5 Å². The van der Waals surface area contributed by atoms with Gasteiger partial charge in [-0.1, -0.05) is 43.7 Å². The van der Waals surface area contributed by atoms with Crippen molar-refractivity contribution in [2.75, 3.05) is 27.2 Å². The minimum atomic E-state index is -0.646. The molecule has 1 aliphatic heterocycles. The van der Waals surface area contributed by atoms with Crippen LogP contribution in [0.5, 0.6) is 0 Å². The Balaban J connectivity index is 2.23. The Bertz CT molecular complexity index is 518. The molecule has 1 aromatic carbocycles. The van der Waals surface area contributed by atoms with Crippen molar-refractivity contribution in [3.63, 3.8) is 0 Å². The molecule has 0 saturated carbocycles. The Morgan fingerprint density at radius 3 is 2.68 bits per heavy atom. The molecular weight excluding hydrogens is 280 g/mol. The Morgan fingerprint density at radius 1 is 1.36 bits per heavy atom. The van der Waals surface area contributed by atoms with Gasteiger partial charge in [0.1, 0.15) is 6.61 Å². The molecule has 0 bridgehead atoms. The molecule has 2 atom stereocenters. The molecule has 1 fully saturated rings. The predicted octanol–water partition coefficient (Wildman–Crippen LogP) is 1.84. The summed E-state index contributed by atoms with van der Waals surface area (Å²) in [5.41, 5.74) is 0.917. The third kappa shape index (κ3) is 3.47. The first kappa shape index (κ1) is 16.5. The third-order valence-electron chi connectivity index (χ3n) is 4.09. The Morgan fingerprint density at radius 2 is 2.05 bits per heavy atom. The standard InChI is InChI=1S/C17H24N2O3/c1-4-5-11-18(2)17(21)16-15(13-9-7-6-8-10-13)19(3)14(20)12-22-16/h6-10,15-16H,4-5,11-12H2,1-3H3/t15-,16+/m0/s1. The molecule has 22 heavy (non-hydrogen) atoms. The number of carbonyl (C=O) groups is 2. The number of benzene rings is 1. The fourth-order valence-electron chi connectivity index (χ4n) is 2.69. The van der Waals surface area contributed by atoms with E-state index in [9.17, 15) is 9.59 Å². The lowest BCUT2D eigenvalue weighted by Crippen LogP contribution is -2.53. The van der Waals surface area contributed by atoms with Crippen molar-refractivity contribution in [3.05, 3.63) is 35.9 Å². The highest BCUT2D eigenvalue weighted by atomic mass is 16.5. The van der Waals surface area contributed by atoms with E-state index in [1.165, 1.54) is 0 Å². The van der Waals surface area contributed by atoms with Crippen LogP contribution in [0.15, 0.2) is 30.3 Å². The molecule has 1 aromatic rings. The molecule has 1 saturated heterocycles. The number of ether oxygens (including phenoxy) is 1. The summed E-state index contributed by atoms with van der Waals surface area (Å²) in [6, 6.07) is 9.21. The summed E-state index contributed by atoms with van der Waals surface area (Å²) in [5.74, 6) is -0.171. The first-order valence-electron chi connectivity index (χ1n) is 7.73. The number of unbranched alkanes of at least 4 members (excludes halogenated alkanes) is 1. The highest BCUT2D eigenvalue weighted by Crippen LogP contribution is 2.29. The maximum atomic E-state index is 12.7. The molecular formula is C17H24N2O3. The van der Waals surface area contributed by atoms with Crippen molar-refractivity contribution in [1.82, 2.24) is 9.80 Å². The van der Waals surface area contributed by atoms with Gasteiger partial charge in [0.05, 0.1) is 6.04 Å². The summed E-state index contributed by atoms with van der Waals surface area (Å²) in [5, 5.41) is 0. The van der Waals surface area contributed by atoms with Gasteiger partial charge in [0, 0.05) is 20.6 Å². The molecule has 0 unspecified atom stereocenters. The first-order valence-corrected chi connectivity index (χ1v) is 7.73. The summed E-state index contributed by atoms with van der Waals surface area (Å²) < 4.78 is 5.61. The zero-order chi connectivity index (χ0) is 16.1. The minimum absolute atomic E-state index is 0.0438. The van der Waals surface area contributed by atoms with Gasteiger partial charge < -0.3 is 14.5 Å². The molecule has 1 heterocycles.